The van der Waals surface area contributed by atoms with E-state index in [0.29, 0.717) is 42.4 Å². The topological polar surface area (TPSA) is 44.5 Å². The molecule has 0 aliphatic heterocycles. The lowest BCUT2D eigenvalue weighted by molar-refractivity contribution is 0.266. The highest BCUT2D eigenvalue weighted by molar-refractivity contribution is 5.67. The van der Waals surface area contributed by atoms with Gasteiger partial charge >= 0.3 is 0 Å². The normalized spacial score (nSPS) is 10.6. The van der Waals surface area contributed by atoms with E-state index in [1.54, 1.807) is 18.2 Å². The third-order valence-electron chi connectivity index (χ3n) is 3.75. The Kier molecular flexibility index (Phi) is 5.81. The van der Waals surface area contributed by atoms with Crippen LogP contribution in [0.4, 0.5) is 8.78 Å². The van der Waals surface area contributed by atoms with Crippen LogP contribution in [0.2, 0.25) is 0 Å². The van der Waals surface area contributed by atoms with E-state index in [1.165, 1.54) is 12.1 Å². The largest absolute Gasteiger partial charge is 0.488 e. The van der Waals surface area contributed by atoms with Gasteiger partial charge in [0.1, 0.15) is 24.8 Å². The maximum absolute atomic E-state index is 13.5. The number of rotatable bonds is 7. The second kappa shape index (κ2) is 8.45. The molecule has 0 aromatic heterocycles. The summed E-state index contributed by atoms with van der Waals surface area (Å²) < 4.78 is 38.5. The van der Waals surface area contributed by atoms with Gasteiger partial charge in [-0.25, -0.2) is 8.78 Å². The van der Waals surface area contributed by atoms with E-state index in [9.17, 15) is 8.78 Å². The number of hydrogen-bond acceptors (Lipinski definition) is 3. The minimum absolute atomic E-state index is 0.343. The van der Waals surface area contributed by atoms with Gasteiger partial charge in [-0.3, -0.25) is 0 Å². The molecule has 2 N–H and O–H groups in total. The summed E-state index contributed by atoms with van der Waals surface area (Å²) in [5.74, 6) is -0.234. The predicted molar refractivity (Wildman–Crippen MR) is 97.1 cm³/mol. The lowest BCUT2D eigenvalue weighted by Crippen LogP contribution is -2.11. The van der Waals surface area contributed by atoms with Crippen LogP contribution < -0.4 is 15.2 Å². The van der Waals surface area contributed by atoms with Crippen LogP contribution in [0.1, 0.15) is 5.56 Å². The minimum Gasteiger partial charge on any atom is -0.488 e. The second-order valence-corrected chi connectivity index (χ2v) is 5.73. The van der Waals surface area contributed by atoms with Crippen molar-refractivity contribution in [1.29, 1.82) is 0 Å². The van der Waals surface area contributed by atoms with Crippen LogP contribution in [-0.4, -0.2) is 13.2 Å². The third kappa shape index (κ3) is 4.58. The molecule has 0 spiro atoms. The van der Waals surface area contributed by atoms with Gasteiger partial charge in [-0.15, -0.1) is 0 Å². The quantitative estimate of drug-likeness (QED) is 0.676. The van der Waals surface area contributed by atoms with Crippen LogP contribution in [0.25, 0.3) is 11.1 Å². The van der Waals surface area contributed by atoms with Crippen LogP contribution in [0.3, 0.4) is 0 Å². The molecule has 0 aliphatic rings. The van der Waals surface area contributed by atoms with Crippen molar-refractivity contribution in [3.05, 3.63) is 83.9 Å². The minimum atomic E-state index is -0.629. The molecule has 0 bridgehead atoms. The first-order valence-corrected chi connectivity index (χ1v) is 8.26. The van der Waals surface area contributed by atoms with Crippen LogP contribution >= 0.6 is 0 Å². The van der Waals surface area contributed by atoms with Crippen LogP contribution in [0.15, 0.2) is 66.7 Å². The fraction of sp³-hybridized carbons (Fsp3) is 0.143. The Bertz CT molecular complexity index is 849. The molecule has 5 heteroatoms. The van der Waals surface area contributed by atoms with Crippen molar-refractivity contribution < 1.29 is 18.3 Å². The average molecular weight is 355 g/mol. The number of benzene rings is 3. The van der Waals surface area contributed by atoms with Gasteiger partial charge in [0.25, 0.3) is 0 Å². The zero-order valence-electron chi connectivity index (χ0n) is 14.1. The summed E-state index contributed by atoms with van der Waals surface area (Å²) in [7, 11) is 0. The number of ether oxygens (including phenoxy) is 2. The highest BCUT2D eigenvalue weighted by Gasteiger charge is 2.10. The van der Waals surface area contributed by atoms with Crippen LogP contribution in [0.5, 0.6) is 11.5 Å². The maximum atomic E-state index is 13.5. The second-order valence-electron chi connectivity index (χ2n) is 5.73. The van der Waals surface area contributed by atoms with E-state index in [0.717, 1.165) is 11.6 Å². The van der Waals surface area contributed by atoms with Gasteiger partial charge in [0, 0.05) is 12.6 Å². The first-order valence-electron chi connectivity index (χ1n) is 8.26. The summed E-state index contributed by atoms with van der Waals surface area (Å²) in [6.45, 7) is 1.06. The Hall–Kier alpha value is -2.92. The summed E-state index contributed by atoms with van der Waals surface area (Å²) in [4.78, 5) is 0. The molecule has 0 saturated heterocycles. The highest BCUT2D eigenvalue weighted by Crippen LogP contribution is 2.34. The Morgan fingerprint density at radius 2 is 1.46 bits per heavy atom. The van der Waals surface area contributed by atoms with Crippen LogP contribution in [0, 0.1) is 11.6 Å². The van der Waals surface area contributed by atoms with E-state index in [2.05, 4.69) is 0 Å². The van der Waals surface area contributed by atoms with Gasteiger partial charge in [-0.2, -0.15) is 0 Å². The van der Waals surface area contributed by atoms with E-state index in [1.807, 2.05) is 30.3 Å². The van der Waals surface area contributed by atoms with Crippen molar-refractivity contribution in [2.75, 3.05) is 13.2 Å². The zero-order chi connectivity index (χ0) is 18.4. The fourth-order valence-electron chi connectivity index (χ4n) is 2.54. The van der Waals surface area contributed by atoms with Gasteiger partial charge in [0.15, 0.2) is 11.5 Å². The zero-order valence-corrected chi connectivity index (χ0v) is 14.1. The first-order chi connectivity index (χ1) is 12.7. The SMILES string of the molecule is NCCOc1ccc(-c2cc(F)cc(F)c2)cc1OCc1ccccc1. The molecule has 0 fully saturated rings. The average Bonchev–Trinajstić information content (AvgIpc) is 2.65. The Morgan fingerprint density at radius 3 is 2.15 bits per heavy atom. The molecule has 26 heavy (non-hydrogen) atoms. The predicted octanol–water partition coefficient (Wildman–Crippen LogP) is 4.55. The van der Waals surface area contributed by atoms with Gasteiger partial charge in [0.2, 0.25) is 0 Å². The number of halogens is 2. The monoisotopic (exact) mass is 355 g/mol. The van der Waals surface area contributed by atoms with Crippen molar-refractivity contribution in [2.45, 2.75) is 6.61 Å². The van der Waals surface area contributed by atoms with Crippen molar-refractivity contribution in [3.63, 3.8) is 0 Å². The standard InChI is InChI=1S/C21H19F2NO2/c22-18-10-17(11-19(23)13-18)16-6-7-20(25-9-8-24)21(12-16)26-14-15-4-2-1-3-5-15/h1-7,10-13H,8-9,14,24H2. The smallest absolute Gasteiger partial charge is 0.162 e. The van der Waals surface area contributed by atoms with Gasteiger partial charge < -0.3 is 15.2 Å². The molecular formula is C21H19F2NO2. The fourth-order valence-corrected chi connectivity index (χ4v) is 2.54. The Morgan fingerprint density at radius 1 is 0.731 bits per heavy atom. The molecule has 0 saturated carbocycles. The summed E-state index contributed by atoms with van der Waals surface area (Å²) in [6, 6.07) is 18.2. The van der Waals surface area contributed by atoms with Crippen LogP contribution in [-0.2, 0) is 6.61 Å². The molecule has 3 aromatic carbocycles. The van der Waals surface area contributed by atoms with Crippen molar-refractivity contribution in [3.8, 4) is 22.6 Å². The highest BCUT2D eigenvalue weighted by atomic mass is 19.1. The summed E-state index contributed by atoms with van der Waals surface area (Å²) in [6.07, 6.45) is 0. The molecule has 134 valence electrons. The van der Waals surface area contributed by atoms with E-state index in [4.69, 9.17) is 15.2 Å². The molecule has 0 unspecified atom stereocenters. The molecule has 3 rings (SSSR count). The third-order valence-corrected chi connectivity index (χ3v) is 3.75. The maximum Gasteiger partial charge on any atom is 0.162 e. The van der Waals surface area contributed by atoms with E-state index < -0.39 is 11.6 Å². The van der Waals surface area contributed by atoms with Crippen molar-refractivity contribution >= 4 is 0 Å². The van der Waals surface area contributed by atoms with Crippen molar-refractivity contribution in [1.82, 2.24) is 0 Å². The lowest BCUT2D eigenvalue weighted by atomic mass is 10.0. The van der Waals surface area contributed by atoms with E-state index in [-0.39, 0.29) is 0 Å². The molecule has 3 nitrogen and oxygen atoms in total. The molecule has 3 aromatic rings. The Balaban J connectivity index is 1.90. The molecule has 0 atom stereocenters. The summed E-state index contributed by atoms with van der Waals surface area (Å²) in [5, 5.41) is 0. The Labute approximate surface area is 151 Å². The van der Waals surface area contributed by atoms with Gasteiger partial charge in [-0.05, 0) is 41.0 Å². The lowest BCUT2D eigenvalue weighted by Gasteiger charge is -2.14. The molecule has 0 radical (unpaired) electrons. The van der Waals surface area contributed by atoms with Gasteiger partial charge in [-0.1, -0.05) is 36.4 Å². The van der Waals surface area contributed by atoms with Crippen molar-refractivity contribution in [2.24, 2.45) is 5.73 Å². The molecule has 0 amide bonds. The molecular weight excluding hydrogens is 336 g/mol. The molecule has 0 aliphatic carbocycles. The number of hydrogen-bond donors (Lipinski definition) is 1. The summed E-state index contributed by atoms with van der Waals surface area (Å²) >= 11 is 0. The first kappa shape index (κ1) is 17.9. The summed E-state index contributed by atoms with van der Waals surface area (Å²) in [5.41, 5.74) is 7.56. The molecule has 0 heterocycles. The van der Waals surface area contributed by atoms with E-state index >= 15 is 0 Å². The number of nitrogens with two attached hydrogens (primary N) is 1. The van der Waals surface area contributed by atoms with Gasteiger partial charge in [0.05, 0.1) is 0 Å².